The van der Waals surface area contributed by atoms with E-state index in [-0.39, 0.29) is 5.56 Å². The van der Waals surface area contributed by atoms with E-state index in [0.717, 1.165) is 24.3 Å². The Kier molecular flexibility index (Phi) is 4.37. The van der Waals surface area contributed by atoms with E-state index in [1.165, 1.54) is 11.0 Å². The molecule has 3 rings (SSSR count). The maximum absolute atomic E-state index is 13.5. The zero-order valence-electron chi connectivity index (χ0n) is 12.5. The summed E-state index contributed by atoms with van der Waals surface area (Å²) in [4.78, 5) is 25.0. The van der Waals surface area contributed by atoms with Crippen LogP contribution in [0.15, 0.2) is 48.5 Å². The fourth-order valence-electron chi connectivity index (χ4n) is 2.36. The Bertz CT molecular complexity index is 795. The second-order valence-corrected chi connectivity index (χ2v) is 5.15. The fourth-order valence-corrected chi connectivity index (χ4v) is 2.36. The van der Waals surface area contributed by atoms with Crippen molar-refractivity contribution in [2.75, 3.05) is 18.1 Å². The highest BCUT2D eigenvalue weighted by molar-refractivity contribution is 6.07. The van der Waals surface area contributed by atoms with Crippen molar-refractivity contribution in [3.05, 3.63) is 71.3 Å². The van der Waals surface area contributed by atoms with Crippen LogP contribution in [0.3, 0.4) is 0 Å². The highest BCUT2D eigenvalue weighted by Crippen LogP contribution is 2.20. The molecule has 1 fully saturated rings. The number of nitrogens with zero attached hydrogens (tertiary/aromatic N) is 1. The van der Waals surface area contributed by atoms with Crippen molar-refractivity contribution in [2.24, 2.45) is 0 Å². The van der Waals surface area contributed by atoms with Gasteiger partial charge in [0, 0.05) is 16.8 Å². The van der Waals surface area contributed by atoms with E-state index >= 15 is 0 Å². The quantitative estimate of drug-likeness (QED) is 0.633. The van der Waals surface area contributed by atoms with E-state index in [2.05, 4.69) is 0 Å². The smallest absolute Gasteiger partial charge is 0.414 e. The normalized spacial score (nSPS) is 14.2. The van der Waals surface area contributed by atoms with Crippen molar-refractivity contribution < 1.29 is 23.1 Å². The van der Waals surface area contributed by atoms with Gasteiger partial charge in [-0.15, -0.1) is 0 Å². The second-order valence-electron chi connectivity index (χ2n) is 5.15. The lowest BCUT2D eigenvalue weighted by Crippen LogP contribution is -2.23. The SMILES string of the molecule is O=C(/C=C\c1c(F)cccc1F)c1ccc(N2CCOC2=O)cc1. The number of benzene rings is 2. The van der Waals surface area contributed by atoms with Gasteiger partial charge in [0.05, 0.1) is 6.54 Å². The van der Waals surface area contributed by atoms with Crippen LogP contribution in [-0.2, 0) is 4.74 Å². The van der Waals surface area contributed by atoms with Crippen LogP contribution in [0.5, 0.6) is 0 Å². The van der Waals surface area contributed by atoms with Crippen molar-refractivity contribution in [2.45, 2.75) is 0 Å². The Hall–Kier alpha value is -3.02. The van der Waals surface area contributed by atoms with Gasteiger partial charge in [0.15, 0.2) is 5.78 Å². The van der Waals surface area contributed by atoms with Gasteiger partial charge in [0.25, 0.3) is 0 Å². The van der Waals surface area contributed by atoms with Gasteiger partial charge in [0.1, 0.15) is 18.2 Å². The van der Waals surface area contributed by atoms with Crippen LogP contribution < -0.4 is 4.90 Å². The Morgan fingerprint density at radius 3 is 2.33 bits per heavy atom. The third-order valence-corrected chi connectivity index (χ3v) is 3.63. The molecular weight excluding hydrogens is 316 g/mol. The average molecular weight is 329 g/mol. The Labute approximate surface area is 137 Å². The molecule has 0 radical (unpaired) electrons. The predicted molar refractivity (Wildman–Crippen MR) is 84.9 cm³/mol. The van der Waals surface area contributed by atoms with Gasteiger partial charge in [-0.25, -0.2) is 13.6 Å². The van der Waals surface area contributed by atoms with Crippen LogP contribution in [0.2, 0.25) is 0 Å². The van der Waals surface area contributed by atoms with Gasteiger partial charge in [-0.2, -0.15) is 0 Å². The number of rotatable bonds is 4. The van der Waals surface area contributed by atoms with Gasteiger partial charge in [-0.1, -0.05) is 6.07 Å². The highest BCUT2D eigenvalue weighted by atomic mass is 19.1. The number of anilines is 1. The summed E-state index contributed by atoms with van der Waals surface area (Å²) in [5.41, 5.74) is 0.708. The summed E-state index contributed by atoms with van der Waals surface area (Å²) in [7, 11) is 0. The van der Waals surface area contributed by atoms with Gasteiger partial charge in [-0.3, -0.25) is 9.69 Å². The number of amides is 1. The Morgan fingerprint density at radius 1 is 1.08 bits per heavy atom. The molecule has 0 bridgehead atoms. The molecule has 0 spiro atoms. The summed E-state index contributed by atoms with van der Waals surface area (Å²) >= 11 is 0. The summed E-state index contributed by atoms with van der Waals surface area (Å²) in [6.45, 7) is 0.787. The Morgan fingerprint density at radius 2 is 1.75 bits per heavy atom. The van der Waals surface area contributed by atoms with E-state index in [0.29, 0.717) is 24.4 Å². The molecule has 2 aromatic rings. The van der Waals surface area contributed by atoms with Crippen molar-refractivity contribution in [1.82, 2.24) is 0 Å². The summed E-state index contributed by atoms with van der Waals surface area (Å²) in [6, 6.07) is 9.84. The molecule has 1 aliphatic rings. The maximum atomic E-state index is 13.5. The lowest BCUT2D eigenvalue weighted by molar-refractivity contribution is 0.104. The molecule has 0 aliphatic carbocycles. The number of hydrogen-bond donors (Lipinski definition) is 0. The van der Waals surface area contributed by atoms with Crippen molar-refractivity contribution in [1.29, 1.82) is 0 Å². The number of carbonyl (C=O) groups excluding carboxylic acids is 2. The molecule has 0 saturated carbocycles. The van der Waals surface area contributed by atoms with Crippen LogP contribution in [0.4, 0.5) is 19.3 Å². The van der Waals surface area contributed by atoms with E-state index in [4.69, 9.17) is 4.74 Å². The third-order valence-electron chi connectivity index (χ3n) is 3.63. The molecule has 6 heteroatoms. The number of carbonyl (C=O) groups is 2. The number of hydrogen-bond acceptors (Lipinski definition) is 3. The van der Waals surface area contributed by atoms with Gasteiger partial charge >= 0.3 is 6.09 Å². The largest absolute Gasteiger partial charge is 0.447 e. The van der Waals surface area contributed by atoms with E-state index in [9.17, 15) is 18.4 Å². The minimum Gasteiger partial charge on any atom is -0.447 e. The van der Waals surface area contributed by atoms with Crippen LogP contribution >= 0.6 is 0 Å². The number of allylic oxidation sites excluding steroid dienone is 1. The first-order valence-corrected chi connectivity index (χ1v) is 7.27. The number of cyclic esters (lactones) is 1. The topological polar surface area (TPSA) is 46.6 Å². The van der Waals surface area contributed by atoms with Crippen LogP contribution in [0.1, 0.15) is 15.9 Å². The molecule has 122 valence electrons. The van der Waals surface area contributed by atoms with E-state index < -0.39 is 23.5 Å². The first-order chi connectivity index (χ1) is 11.6. The molecule has 1 amide bonds. The molecular formula is C18H13F2NO3. The van der Waals surface area contributed by atoms with Gasteiger partial charge < -0.3 is 4.74 Å². The van der Waals surface area contributed by atoms with E-state index in [1.54, 1.807) is 24.3 Å². The second kappa shape index (κ2) is 6.62. The molecule has 0 atom stereocenters. The summed E-state index contributed by atoms with van der Waals surface area (Å²) < 4.78 is 31.9. The highest BCUT2D eigenvalue weighted by Gasteiger charge is 2.23. The first kappa shape index (κ1) is 15.9. The molecule has 0 unspecified atom stereocenters. The number of ketones is 1. The molecule has 1 aliphatic heterocycles. The summed E-state index contributed by atoms with van der Waals surface area (Å²) in [5.74, 6) is -1.86. The maximum Gasteiger partial charge on any atom is 0.414 e. The molecule has 24 heavy (non-hydrogen) atoms. The zero-order valence-corrected chi connectivity index (χ0v) is 12.5. The van der Waals surface area contributed by atoms with Gasteiger partial charge in [0.2, 0.25) is 0 Å². The molecule has 1 heterocycles. The molecule has 4 nitrogen and oxygen atoms in total. The predicted octanol–water partition coefficient (Wildman–Crippen LogP) is 3.82. The number of ether oxygens (including phenoxy) is 1. The lowest BCUT2D eigenvalue weighted by atomic mass is 10.1. The van der Waals surface area contributed by atoms with Crippen LogP contribution in [-0.4, -0.2) is 25.0 Å². The fraction of sp³-hybridized carbons (Fsp3) is 0.111. The average Bonchev–Trinajstić information content (AvgIpc) is 3.00. The minimum atomic E-state index is -0.734. The standard InChI is InChI=1S/C18H13F2NO3/c19-15-2-1-3-16(20)14(15)8-9-17(22)12-4-6-13(7-5-12)21-10-11-24-18(21)23/h1-9H,10-11H2/b9-8-. The summed E-state index contributed by atoms with van der Waals surface area (Å²) in [5, 5.41) is 0. The lowest BCUT2D eigenvalue weighted by Gasteiger charge is -2.12. The van der Waals surface area contributed by atoms with Crippen LogP contribution in [0, 0.1) is 11.6 Å². The molecule has 0 aromatic heterocycles. The molecule has 0 N–H and O–H groups in total. The monoisotopic (exact) mass is 329 g/mol. The third kappa shape index (κ3) is 3.17. The van der Waals surface area contributed by atoms with E-state index in [1.807, 2.05) is 0 Å². The summed E-state index contributed by atoms with van der Waals surface area (Å²) in [6.07, 6.45) is 1.79. The first-order valence-electron chi connectivity index (χ1n) is 7.27. The van der Waals surface area contributed by atoms with Crippen molar-refractivity contribution >= 4 is 23.6 Å². The Balaban J connectivity index is 1.76. The minimum absolute atomic E-state index is 0.262. The van der Waals surface area contributed by atoms with Crippen LogP contribution in [0.25, 0.3) is 6.08 Å². The van der Waals surface area contributed by atoms with Gasteiger partial charge in [-0.05, 0) is 48.6 Å². The number of halogens is 2. The van der Waals surface area contributed by atoms with Crippen molar-refractivity contribution in [3.8, 4) is 0 Å². The zero-order chi connectivity index (χ0) is 17.1. The molecule has 1 saturated heterocycles. The molecule has 2 aromatic carbocycles. The van der Waals surface area contributed by atoms with Crippen molar-refractivity contribution in [3.63, 3.8) is 0 Å².